The van der Waals surface area contributed by atoms with Gasteiger partial charge in [0.1, 0.15) is 11.6 Å². The summed E-state index contributed by atoms with van der Waals surface area (Å²) in [6.07, 6.45) is 1.62. The van der Waals surface area contributed by atoms with Gasteiger partial charge in [-0.3, -0.25) is 4.79 Å². The zero-order valence-corrected chi connectivity index (χ0v) is 10.0. The molecule has 1 aliphatic heterocycles. The SMILES string of the molecule is O=C(NCc1cc(F)cc(F)c1)C1CCNCC1. The fourth-order valence-electron chi connectivity index (χ4n) is 2.13. The Morgan fingerprint density at radius 2 is 1.83 bits per heavy atom. The van der Waals surface area contributed by atoms with Crippen molar-refractivity contribution in [1.82, 2.24) is 10.6 Å². The molecule has 1 fully saturated rings. The number of hydrogen-bond acceptors (Lipinski definition) is 2. The van der Waals surface area contributed by atoms with Gasteiger partial charge in [0.05, 0.1) is 0 Å². The summed E-state index contributed by atoms with van der Waals surface area (Å²) < 4.78 is 25.9. The van der Waals surface area contributed by atoms with Crippen molar-refractivity contribution < 1.29 is 13.6 Å². The number of rotatable bonds is 3. The van der Waals surface area contributed by atoms with Crippen molar-refractivity contribution in [2.24, 2.45) is 5.92 Å². The van der Waals surface area contributed by atoms with Crippen LogP contribution in [0.2, 0.25) is 0 Å². The number of piperidine rings is 1. The van der Waals surface area contributed by atoms with E-state index < -0.39 is 11.6 Å². The highest BCUT2D eigenvalue weighted by molar-refractivity contribution is 5.78. The Balaban J connectivity index is 1.88. The van der Waals surface area contributed by atoms with Crippen LogP contribution in [-0.2, 0) is 11.3 Å². The largest absolute Gasteiger partial charge is 0.352 e. The van der Waals surface area contributed by atoms with E-state index >= 15 is 0 Å². The molecule has 1 amide bonds. The van der Waals surface area contributed by atoms with Crippen molar-refractivity contribution in [1.29, 1.82) is 0 Å². The number of hydrogen-bond donors (Lipinski definition) is 2. The van der Waals surface area contributed by atoms with Gasteiger partial charge >= 0.3 is 0 Å². The van der Waals surface area contributed by atoms with E-state index in [1.54, 1.807) is 0 Å². The lowest BCUT2D eigenvalue weighted by Crippen LogP contribution is -2.37. The summed E-state index contributed by atoms with van der Waals surface area (Å²) in [6, 6.07) is 3.27. The molecule has 1 aromatic carbocycles. The van der Waals surface area contributed by atoms with E-state index in [2.05, 4.69) is 10.6 Å². The molecular formula is C13H16F2N2O. The molecule has 3 nitrogen and oxygen atoms in total. The predicted octanol–water partition coefficient (Wildman–Crippen LogP) is 1.58. The standard InChI is InChI=1S/C13H16F2N2O/c14-11-5-9(6-12(15)7-11)8-17-13(18)10-1-3-16-4-2-10/h5-7,10,16H,1-4,8H2,(H,17,18). The lowest BCUT2D eigenvalue weighted by Gasteiger charge is -2.21. The molecular weight excluding hydrogens is 238 g/mol. The molecule has 1 aromatic rings. The van der Waals surface area contributed by atoms with Crippen molar-refractivity contribution in [2.75, 3.05) is 13.1 Å². The Hall–Kier alpha value is -1.49. The molecule has 0 radical (unpaired) electrons. The van der Waals surface area contributed by atoms with Gasteiger partial charge in [-0.2, -0.15) is 0 Å². The Kier molecular flexibility index (Phi) is 4.25. The zero-order valence-electron chi connectivity index (χ0n) is 10.0. The minimum Gasteiger partial charge on any atom is -0.352 e. The minimum atomic E-state index is -0.624. The van der Waals surface area contributed by atoms with Crippen molar-refractivity contribution in [3.63, 3.8) is 0 Å². The van der Waals surface area contributed by atoms with E-state index in [1.807, 2.05) is 0 Å². The van der Waals surface area contributed by atoms with Crippen molar-refractivity contribution in [3.8, 4) is 0 Å². The molecule has 0 spiro atoms. The molecule has 0 unspecified atom stereocenters. The fraction of sp³-hybridized carbons (Fsp3) is 0.462. The van der Waals surface area contributed by atoms with Crippen LogP contribution >= 0.6 is 0 Å². The van der Waals surface area contributed by atoms with Gasteiger partial charge in [-0.1, -0.05) is 0 Å². The van der Waals surface area contributed by atoms with Crippen LogP contribution in [0.1, 0.15) is 18.4 Å². The van der Waals surface area contributed by atoms with Crippen LogP contribution in [0, 0.1) is 17.6 Å². The van der Waals surface area contributed by atoms with Crippen molar-refractivity contribution in [3.05, 3.63) is 35.4 Å². The first-order chi connectivity index (χ1) is 8.65. The fourth-order valence-corrected chi connectivity index (χ4v) is 2.13. The van der Waals surface area contributed by atoms with E-state index in [0.717, 1.165) is 32.0 Å². The number of amides is 1. The Morgan fingerprint density at radius 3 is 2.44 bits per heavy atom. The van der Waals surface area contributed by atoms with Crippen molar-refractivity contribution in [2.45, 2.75) is 19.4 Å². The second-order valence-corrected chi connectivity index (χ2v) is 4.52. The molecule has 2 N–H and O–H groups in total. The first-order valence-electron chi connectivity index (χ1n) is 6.08. The third kappa shape index (κ3) is 3.50. The van der Waals surface area contributed by atoms with Gasteiger partial charge in [0.2, 0.25) is 5.91 Å². The van der Waals surface area contributed by atoms with Crippen LogP contribution in [0.3, 0.4) is 0 Å². The maximum Gasteiger partial charge on any atom is 0.223 e. The van der Waals surface area contributed by atoms with Crippen molar-refractivity contribution >= 4 is 5.91 Å². The molecule has 0 aliphatic carbocycles. The van der Waals surface area contributed by atoms with Gasteiger partial charge in [-0.25, -0.2) is 8.78 Å². The first-order valence-corrected chi connectivity index (χ1v) is 6.08. The van der Waals surface area contributed by atoms with E-state index in [-0.39, 0.29) is 18.4 Å². The highest BCUT2D eigenvalue weighted by Gasteiger charge is 2.20. The topological polar surface area (TPSA) is 41.1 Å². The molecule has 18 heavy (non-hydrogen) atoms. The number of nitrogens with one attached hydrogen (secondary N) is 2. The smallest absolute Gasteiger partial charge is 0.223 e. The third-order valence-corrected chi connectivity index (χ3v) is 3.10. The van der Waals surface area contributed by atoms with Gasteiger partial charge in [-0.05, 0) is 43.6 Å². The Bertz CT molecular complexity index is 411. The molecule has 98 valence electrons. The zero-order chi connectivity index (χ0) is 13.0. The van der Waals surface area contributed by atoms with Crippen LogP contribution in [0.25, 0.3) is 0 Å². The van der Waals surface area contributed by atoms with Gasteiger partial charge in [0, 0.05) is 18.5 Å². The van der Waals surface area contributed by atoms with Crippen LogP contribution in [0.5, 0.6) is 0 Å². The quantitative estimate of drug-likeness (QED) is 0.860. The average molecular weight is 254 g/mol. The summed E-state index contributed by atoms with van der Waals surface area (Å²) in [6.45, 7) is 1.84. The normalized spacial score (nSPS) is 16.6. The molecule has 1 aliphatic rings. The summed E-state index contributed by atoms with van der Waals surface area (Å²) in [5.41, 5.74) is 0.440. The van der Waals surface area contributed by atoms with Gasteiger partial charge in [0.25, 0.3) is 0 Å². The maximum atomic E-state index is 12.9. The number of carbonyl (C=O) groups excluding carboxylic acids is 1. The van der Waals surface area contributed by atoms with Crippen LogP contribution in [0.15, 0.2) is 18.2 Å². The maximum absolute atomic E-state index is 12.9. The summed E-state index contributed by atoms with van der Waals surface area (Å²) in [4.78, 5) is 11.8. The highest BCUT2D eigenvalue weighted by Crippen LogP contribution is 2.12. The van der Waals surface area contributed by atoms with Gasteiger partial charge in [0.15, 0.2) is 0 Å². The Labute approximate surface area is 105 Å². The van der Waals surface area contributed by atoms with Crippen LogP contribution in [0.4, 0.5) is 8.78 Å². The summed E-state index contributed by atoms with van der Waals surface area (Å²) in [5.74, 6) is -1.28. The van der Waals surface area contributed by atoms with E-state index in [4.69, 9.17) is 0 Å². The summed E-state index contributed by atoms with van der Waals surface area (Å²) >= 11 is 0. The minimum absolute atomic E-state index is 0.00431. The van der Waals surface area contributed by atoms with Gasteiger partial charge in [-0.15, -0.1) is 0 Å². The summed E-state index contributed by atoms with van der Waals surface area (Å²) in [5, 5.41) is 5.90. The molecule has 5 heteroatoms. The average Bonchev–Trinajstić information content (AvgIpc) is 2.36. The van der Waals surface area contributed by atoms with Crippen LogP contribution < -0.4 is 10.6 Å². The second kappa shape index (κ2) is 5.91. The Morgan fingerprint density at radius 1 is 1.22 bits per heavy atom. The predicted molar refractivity (Wildman–Crippen MR) is 63.8 cm³/mol. The molecule has 2 rings (SSSR count). The van der Waals surface area contributed by atoms with Crippen LogP contribution in [-0.4, -0.2) is 19.0 Å². The van der Waals surface area contributed by atoms with E-state index in [1.165, 1.54) is 12.1 Å². The number of carbonyl (C=O) groups is 1. The molecule has 0 bridgehead atoms. The molecule has 0 aromatic heterocycles. The molecule has 0 saturated carbocycles. The molecule has 1 heterocycles. The first kappa shape index (κ1) is 13.0. The molecule has 0 atom stereocenters. The summed E-state index contributed by atoms with van der Waals surface area (Å²) in [7, 11) is 0. The van der Waals surface area contributed by atoms with E-state index in [0.29, 0.717) is 5.56 Å². The second-order valence-electron chi connectivity index (χ2n) is 4.52. The lowest BCUT2D eigenvalue weighted by molar-refractivity contribution is -0.125. The highest BCUT2D eigenvalue weighted by atomic mass is 19.1. The van der Waals surface area contributed by atoms with E-state index in [9.17, 15) is 13.6 Å². The third-order valence-electron chi connectivity index (χ3n) is 3.10. The number of benzene rings is 1. The monoisotopic (exact) mass is 254 g/mol. The number of halogens is 2. The van der Waals surface area contributed by atoms with Gasteiger partial charge < -0.3 is 10.6 Å². The lowest BCUT2D eigenvalue weighted by atomic mass is 9.97. The molecule has 1 saturated heterocycles.